The molecule has 0 saturated heterocycles. The van der Waals surface area contributed by atoms with E-state index in [1.165, 1.54) is 5.56 Å². The molecule has 2 N–H and O–H groups in total. The van der Waals surface area contributed by atoms with Crippen LogP contribution in [0.2, 0.25) is 0 Å². The Kier molecular flexibility index (Phi) is 8.89. The number of carboxylic acids is 1. The van der Waals surface area contributed by atoms with Gasteiger partial charge in [0.25, 0.3) is 0 Å². The second-order valence-corrected chi connectivity index (χ2v) is 10.1. The van der Waals surface area contributed by atoms with Crippen LogP contribution in [0.1, 0.15) is 76.3 Å². The quantitative estimate of drug-likeness (QED) is 0.487. The highest BCUT2D eigenvalue weighted by molar-refractivity contribution is 5.85. The summed E-state index contributed by atoms with van der Waals surface area (Å²) in [5.74, 6) is 0.607. The number of carboxylic acid groups (broad SMARTS) is 1. The van der Waals surface area contributed by atoms with Gasteiger partial charge in [0.2, 0.25) is 11.8 Å². The van der Waals surface area contributed by atoms with Crippen LogP contribution in [0, 0.1) is 24.7 Å². The van der Waals surface area contributed by atoms with E-state index >= 15 is 0 Å². The molecule has 3 unspecified atom stereocenters. The van der Waals surface area contributed by atoms with Crippen LogP contribution < -0.4 is 5.32 Å². The number of amides is 1. The molecule has 0 aliphatic heterocycles. The minimum Gasteiger partial charge on any atom is -0.480 e. The van der Waals surface area contributed by atoms with Crippen molar-refractivity contribution >= 4 is 11.9 Å². The number of hydrogen-bond acceptors (Lipinski definition) is 5. The van der Waals surface area contributed by atoms with Gasteiger partial charge in [-0.15, -0.1) is 0 Å². The van der Waals surface area contributed by atoms with Crippen molar-refractivity contribution in [2.24, 2.45) is 17.8 Å². The maximum Gasteiger partial charge on any atom is 0.326 e. The molecule has 186 valence electrons. The average Bonchev–Trinajstić information content (AvgIpc) is 3.17. The molecule has 2 aromatic rings. The minimum absolute atomic E-state index is 0.159. The van der Waals surface area contributed by atoms with Gasteiger partial charge in [-0.1, -0.05) is 46.2 Å². The smallest absolute Gasteiger partial charge is 0.326 e. The van der Waals surface area contributed by atoms with Crippen molar-refractivity contribution in [1.82, 2.24) is 10.3 Å². The van der Waals surface area contributed by atoms with Gasteiger partial charge in [-0.3, -0.25) is 4.79 Å². The Bertz CT molecular complexity index is 964. The van der Waals surface area contributed by atoms with Gasteiger partial charge < -0.3 is 19.6 Å². The Morgan fingerprint density at radius 2 is 1.88 bits per heavy atom. The zero-order chi connectivity index (χ0) is 24.8. The fourth-order valence-electron chi connectivity index (χ4n) is 4.48. The van der Waals surface area contributed by atoms with E-state index in [2.05, 4.69) is 36.3 Å². The molecule has 1 fully saturated rings. The standard InChI is InChI=1S/C27H38N2O5/c1-16(2)20-9-11-21(12-10-20)26-28-23(18(5)34-26)15-33-14-19-7-6-8-22(13-19)25(30)29-24(17(3)4)27(31)32/h9-12,16-17,19,22,24H,6-8,13-15H2,1-5H3,(H,29,30)(H,31,32). The predicted molar refractivity (Wildman–Crippen MR) is 130 cm³/mol. The third-order valence-electron chi connectivity index (χ3n) is 6.69. The lowest BCUT2D eigenvalue weighted by Gasteiger charge is -2.29. The second-order valence-electron chi connectivity index (χ2n) is 10.1. The molecule has 34 heavy (non-hydrogen) atoms. The maximum atomic E-state index is 12.7. The fourth-order valence-corrected chi connectivity index (χ4v) is 4.48. The van der Waals surface area contributed by atoms with E-state index in [4.69, 9.17) is 9.15 Å². The summed E-state index contributed by atoms with van der Waals surface area (Å²) >= 11 is 0. The van der Waals surface area contributed by atoms with Crippen molar-refractivity contribution < 1.29 is 23.8 Å². The monoisotopic (exact) mass is 470 g/mol. The summed E-state index contributed by atoms with van der Waals surface area (Å²) in [4.78, 5) is 28.7. The van der Waals surface area contributed by atoms with E-state index in [1.54, 1.807) is 13.8 Å². The van der Waals surface area contributed by atoms with E-state index in [0.29, 0.717) is 31.4 Å². The molecule has 7 heteroatoms. The van der Waals surface area contributed by atoms with Crippen LogP contribution in [0.15, 0.2) is 28.7 Å². The molecular formula is C27H38N2O5. The van der Waals surface area contributed by atoms with Crippen molar-refractivity contribution in [2.75, 3.05) is 6.61 Å². The average molecular weight is 471 g/mol. The zero-order valence-electron chi connectivity index (χ0n) is 21.0. The molecule has 1 aliphatic carbocycles. The number of carbonyl (C=O) groups is 2. The summed E-state index contributed by atoms with van der Waals surface area (Å²) in [7, 11) is 0. The van der Waals surface area contributed by atoms with E-state index in [-0.39, 0.29) is 23.7 Å². The Balaban J connectivity index is 1.51. The number of benzene rings is 1. The lowest BCUT2D eigenvalue weighted by atomic mass is 9.81. The molecule has 1 heterocycles. The van der Waals surface area contributed by atoms with Crippen molar-refractivity contribution in [3.63, 3.8) is 0 Å². The molecule has 1 saturated carbocycles. The van der Waals surface area contributed by atoms with Gasteiger partial charge in [-0.05, 0) is 61.6 Å². The van der Waals surface area contributed by atoms with Gasteiger partial charge in [0.1, 0.15) is 17.5 Å². The topological polar surface area (TPSA) is 102 Å². The largest absolute Gasteiger partial charge is 0.480 e. The lowest BCUT2D eigenvalue weighted by molar-refractivity contribution is -0.144. The molecule has 0 spiro atoms. The SMILES string of the molecule is Cc1oc(-c2ccc(C(C)C)cc2)nc1COCC1CCCC(C(=O)NC(C(=O)O)C(C)C)C1. The van der Waals surface area contributed by atoms with Gasteiger partial charge in [0, 0.05) is 18.1 Å². The summed E-state index contributed by atoms with van der Waals surface area (Å²) in [6.45, 7) is 10.7. The molecule has 0 radical (unpaired) electrons. The zero-order valence-corrected chi connectivity index (χ0v) is 21.0. The third-order valence-corrected chi connectivity index (χ3v) is 6.69. The van der Waals surface area contributed by atoms with Gasteiger partial charge in [0.05, 0.1) is 6.61 Å². The molecule has 3 atom stereocenters. The minimum atomic E-state index is -0.989. The first-order valence-electron chi connectivity index (χ1n) is 12.3. The molecular weight excluding hydrogens is 432 g/mol. The number of aryl methyl sites for hydroxylation is 1. The number of nitrogens with zero attached hydrogens (tertiary/aromatic N) is 1. The van der Waals surface area contributed by atoms with Crippen LogP contribution in [0.25, 0.3) is 11.5 Å². The van der Waals surface area contributed by atoms with Gasteiger partial charge in [-0.25, -0.2) is 9.78 Å². The van der Waals surface area contributed by atoms with Gasteiger partial charge in [-0.2, -0.15) is 0 Å². The van der Waals surface area contributed by atoms with Gasteiger partial charge in [0.15, 0.2) is 0 Å². The Hall–Kier alpha value is -2.67. The fraction of sp³-hybridized carbons (Fsp3) is 0.593. The van der Waals surface area contributed by atoms with Crippen LogP contribution in [0.5, 0.6) is 0 Å². The number of carbonyl (C=O) groups excluding carboxylic acids is 1. The van der Waals surface area contributed by atoms with Crippen LogP contribution in [-0.4, -0.2) is 34.6 Å². The van der Waals surface area contributed by atoms with E-state index in [1.807, 2.05) is 19.1 Å². The molecule has 1 aromatic heterocycles. The highest BCUT2D eigenvalue weighted by atomic mass is 16.5. The molecule has 7 nitrogen and oxygen atoms in total. The van der Waals surface area contributed by atoms with Gasteiger partial charge >= 0.3 is 5.97 Å². The number of aromatic nitrogens is 1. The molecule has 3 rings (SSSR count). The Labute approximate surface area is 202 Å². The molecule has 0 bridgehead atoms. The summed E-state index contributed by atoms with van der Waals surface area (Å²) in [6.07, 6.45) is 3.43. The Morgan fingerprint density at radius 1 is 1.18 bits per heavy atom. The van der Waals surface area contributed by atoms with Crippen LogP contribution in [0.3, 0.4) is 0 Å². The number of nitrogens with one attached hydrogen (secondary N) is 1. The second kappa shape index (κ2) is 11.6. The summed E-state index contributed by atoms with van der Waals surface area (Å²) in [5, 5.41) is 12.1. The van der Waals surface area contributed by atoms with Crippen molar-refractivity contribution in [2.45, 2.75) is 78.9 Å². The number of rotatable bonds is 10. The van der Waals surface area contributed by atoms with E-state index in [0.717, 1.165) is 36.3 Å². The predicted octanol–water partition coefficient (Wildman–Crippen LogP) is 5.32. The number of ether oxygens (including phenoxy) is 1. The molecule has 1 aliphatic rings. The highest BCUT2D eigenvalue weighted by Crippen LogP contribution is 2.30. The summed E-state index contributed by atoms with van der Waals surface area (Å²) in [6, 6.07) is 7.42. The lowest BCUT2D eigenvalue weighted by Crippen LogP contribution is -2.47. The number of oxazole rings is 1. The van der Waals surface area contributed by atoms with Crippen molar-refractivity contribution in [3.05, 3.63) is 41.3 Å². The molecule has 1 aromatic carbocycles. The van der Waals surface area contributed by atoms with Crippen molar-refractivity contribution in [3.8, 4) is 11.5 Å². The summed E-state index contributed by atoms with van der Waals surface area (Å²) < 4.78 is 11.9. The number of hydrogen-bond donors (Lipinski definition) is 2. The third kappa shape index (κ3) is 6.69. The van der Waals surface area contributed by atoms with Crippen LogP contribution in [0.4, 0.5) is 0 Å². The summed E-state index contributed by atoms with van der Waals surface area (Å²) in [5.41, 5.74) is 3.01. The van der Waals surface area contributed by atoms with Crippen LogP contribution in [-0.2, 0) is 20.9 Å². The van der Waals surface area contributed by atoms with Crippen molar-refractivity contribution in [1.29, 1.82) is 0 Å². The van der Waals surface area contributed by atoms with Crippen LogP contribution >= 0.6 is 0 Å². The van der Waals surface area contributed by atoms with E-state index < -0.39 is 12.0 Å². The first kappa shape index (κ1) is 25.9. The van der Waals surface area contributed by atoms with E-state index in [9.17, 15) is 14.7 Å². The number of aliphatic carboxylic acids is 1. The highest BCUT2D eigenvalue weighted by Gasteiger charge is 2.31. The molecule has 1 amide bonds. The normalized spacial score (nSPS) is 19.4. The first-order chi connectivity index (χ1) is 16.2. The Morgan fingerprint density at radius 3 is 2.50 bits per heavy atom. The maximum absolute atomic E-state index is 12.7. The first-order valence-corrected chi connectivity index (χ1v) is 12.3.